The highest BCUT2D eigenvalue weighted by molar-refractivity contribution is 5.95. The second-order valence-corrected chi connectivity index (χ2v) is 7.44. The van der Waals surface area contributed by atoms with Gasteiger partial charge in [0.15, 0.2) is 0 Å². The average Bonchev–Trinajstić information content (AvgIpc) is 3.16. The van der Waals surface area contributed by atoms with Gasteiger partial charge >= 0.3 is 6.01 Å². The lowest BCUT2D eigenvalue weighted by molar-refractivity contribution is 0.399. The number of nitriles is 1. The first kappa shape index (κ1) is 28.1. The lowest BCUT2D eigenvalue weighted by Gasteiger charge is -2.15. The van der Waals surface area contributed by atoms with Crippen molar-refractivity contribution < 1.29 is 16.7 Å². The fourth-order valence-electron chi connectivity index (χ4n) is 3.37. The van der Waals surface area contributed by atoms with Crippen LogP contribution < -0.4 is 10.5 Å². The van der Waals surface area contributed by atoms with Crippen LogP contribution in [0.1, 0.15) is 47.1 Å². The average molecular weight is 466 g/mol. The molecule has 0 unspecified atom stereocenters. The summed E-state index contributed by atoms with van der Waals surface area (Å²) in [6.07, 6.45) is 4.51. The maximum atomic E-state index is 9.89. The molecular formula is C26H35N5O3. The Kier molecular flexibility index (Phi) is 11.2. The molecule has 5 N–H and O–H groups in total. The fourth-order valence-corrected chi connectivity index (χ4v) is 3.37. The molecule has 8 heteroatoms. The quantitative estimate of drug-likeness (QED) is 0.388. The lowest BCUT2D eigenvalue weighted by atomic mass is 10.1. The molecule has 8 nitrogen and oxygen atoms in total. The topological polar surface area (TPSA) is 141 Å². The molecule has 0 saturated carbocycles. The molecule has 182 valence electrons. The summed E-state index contributed by atoms with van der Waals surface area (Å²) < 4.78 is 7.94. The number of fused-ring (bicyclic) bond motifs is 1. The molecule has 4 aromatic rings. The van der Waals surface area contributed by atoms with E-state index in [-0.39, 0.29) is 19.0 Å². The summed E-state index contributed by atoms with van der Waals surface area (Å²) in [5.41, 5.74) is 9.91. The van der Waals surface area contributed by atoms with Gasteiger partial charge < -0.3 is 25.6 Å². The van der Waals surface area contributed by atoms with E-state index < -0.39 is 0 Å². The minimum absolute atomic E-state index is 0. The van der Waals surface area contributed by atoms with Gasteiger partial charge in [-0.25, -0.2) is 9.97 Å². The highest BCUT2D eigenvalue weighted by atomic mass is 16.5. The van der Waals surface area contributed by atoms with Gasteiger partial charge in [-0.3, -0.25) is 0 Å². The fraction of sp³-hybridized carbons (Fsp3) is 0.269. The van der Waals surface area contributed by atoms with Crippen molar-refractivity contribution in [2.75, 3.05) is 12.8 Å². The lowest BCUT2D eigenvalue weighted by Crippen LogP contribution is -2.03. The molecule has 0 spiro atoms. The maximum absolute atomic E-state index is 9.89. The summed E-state index contributed by atoms with van der Waals surface area (Å²) in [4.78, 5) is 8.20. The minimum Gasteiger partial charge on any atom is -0.424 e. The normalized spacial score (nSPS) is 9.71. The van der Waals surface area contributed by atoms with E-state index in [0.29, 0.717) is 17.0 Å². The first-order valence-corrected chi connectivity index (χ1v) is 10.8. The highest BCUT2D eigenvalue weighted by Crippen LogP contribution is 2.38. The van der Waals surface area contributed by atoms with Crippen LogP contribution in [0, 0.1) is 11.3 Å². The number of nitrogens with zero attached hydrogens (tertiary/aromatic N) is 4. The summed E-state index contributed by atoms with van der Waals surface area (Å²) in [5, 5.41) is 17.8. The molecule has 0 radical (unpaired) electrons. The Labute approximate surface area is 202 Å². The number of aliphatic hydroxyl groups is 1. The first-order chi connectivity index (χ1) is 16.0. The summed E-state index contributed by atoms with van der Waals surface area (Å²) in [5.74, 6) is 0.617. The van der Waals surface area contributed by atoms with Gasteiger partial charge in [0, 0.05) is 44.1 Å². The molecule has 2 aromatic heterocycles. The van der Waals surface area contributed by atoms with Crippen molar-refractivity contribution in [2.24, 2.45) is 0 Å². The molecule has 0 saturated heterocycles. The van der Waals surface area contributed by atoms with Crippen molar-refractivity contribution in [3.8, 4) is 29.1 Å². The highest BCUT2D eigenvalue weighted by Gasteiger charge is 2.21. The Balaban J connectivity index is 0.00000154. The molecule has 0 fully saturated rings. The van der Waals surface area contributed by atoms with Gasteiger partial charge in [-0.1, -0.05) is 32.4 Å². The molecule has 2 heterocycles. The second-order valence-electron chi connectivity index (χ2n) is 7.44. The molecule has 0 aliphatic heterocycles. The van der Waals surface area contributed by atoms with Crippen LogP contribution in [0.25, 0.3) is 22.2 Å². The number of hydrogen-bond acceptors (Lipinski definition) is 6. The van der Waals surface area contributed by atoms with Crippen LogP contribution in [0.4, 0.5) is 5.69 Å². The Hall–Kier alpha value is -3.93. The second kappa shape index (κ2) is 13.6. The van der Waals surface area contributed by atoms with Crippen LogP contribution >= 0.6 is 0 Å². The van der Waals surface area contributed by atoms with Crippen LogP contribution in [0.5, 0.6) is 11.8 Å². The summed E-state index contributed by atoms with van der Waals surface area (Å²) >= 11 is 0. The van der Waals surface area contributed by atoms with E-state index in [4.69, 9.17) is 15.6 Å². The van der Waals surface area contributed by atoms with Crippen molar-refractivity contribution in [1.82, 2.24) is 14.5 Å². The zero-order valence-corrected chi connectivity index (χ0v) is 20.3. The van der Waals surface area contributed by atoms with Crippen LogP contribution in [0.3, 0.4) is 0 Å². The minimum atomic E-state index is 0. The molecule has 0 amide bonds. The standard InChI is InChI=1S/C22H19N5O.C3H8.CH4O.H2O.H2/c1-14(2)27-20-12-17(28-22-25-10-3-11-26-22)8-9-18(20)19(13-23)21(27)15-4-6-16(24)7-5-15;1-3-2;1-2;;/h3-12,14H,24H2,1-2H3;3H2,1-2H3;2H,1H3;1H2;1H. The Morgan fingerprint density at radius 1 is 1.09 bits per heavy atom. The molecule has 0 atom stereocenters. The van der Waals surface area contributed by atoms with E-state index >= 15 is 0 Å². The van der Waals surface area contributed by atoms with E-state index in [1.165, 1.54) is 6.42 Å². The van der Waals surface area contributed by atoms with Gasteiger partial charge in [0.25, 0.3) is 0 Å². The van der Waals surface area contributed by atoms with Gasteiger partial charge in [-0.2, -0.15) is 5.26 Å². The zero-order chi connectivity index (χ0) is 24.4. The number of aromatic nitrogens is 3. The van der Waals surface area contributed by atoms with Gasteiger partial charge in [-0.05, 0) is 49.7 Å². The first-order valence-electron chi connectivity index (χ1n) is 10.8. The predicted octanol–water partition coefficient (Wildman–Crippen LogP) is 5.37. The van der Waals surface area contributed by atoms with Crippen LogP contribution in [-0.2, 0) is 0 Å². The Morgan fingerprint density at radius 2 is 1.68 bits per heavy atom. The Morgan fingerprint density at radius 3 is 2.21 bits per heavy atom. The van der Waals surface area contributed by atoms with Crippen molar-refractivity contribution in [1.29, 1.82) is 5.26 Å². The number of hydrogen-bond donors (Lipinski definition) is 2. The number of aliphatic hydroxyl groups excluding tert-OH is 1. The molecule has 2 aromatic carbocycles. The third-order valence-corrected chi connectivity index (χ3v) is 4.54. The van der Waals surface area contributed by atoms with Gasteiger partial charge in [-0.15, -0.1) is 0 Å². The Bertz CT molecular complexity index is 1200. The number of ether oxygens (including phenoxy) is 1. The van der Waals surface area contributed by atoms with Crippen LogP contribution in [0.2, 0.25) is 0 Å². The summed E-state index contributed by atoms with van der Waals surface area (Å²) in [6.45, 7) is 8.43. The van der Waals surface area contributed by atoms with Gasteiger partial charge in [0.05, 0.1) is 16.8 Å². The van der Waals surface area contributed by atoms with E-state index in [0.717, 1.165) is 29.3 Å². The van der Waals surface area contributed by atoms with Crippen molar-refractivity contribution >= 4 is 16.6 Å². The number of rotatable bonds is 4. The van der Waals surface area contributed by atoms with Gasteiger partial charge in [0.2, 0.25) is 0 Å². The van der Waals surface area contributed by atoms with E-state index in [9.17, 15) is 5.26 Å². The number of nitrogen functional groups attached to an aromatic ring is 1. The smallest absolute Gasteiger partial charge is 0.321 e. The molecule has 34 heavy (non-hydrogen) atoms. The molecule has 0 bridgehead atoms. The largest absolute Gasteiger partial charge is 0.424 e. The number of benzene rings is 2. The van der Waals surface area contributed by atoms with E-state index in [2.05, 4.69) is 48.3 Å². The predicted molar refractivity (Wildman–Crippen MR) is 139 cm³/mol. The van der Waals surface area contributed by atoms with E-state index in [1.807, 2.05) is 42.5 Å². The number of anilines is 1. The molecule has 0 aliphatic rings. The van der Waals surface area contributed by atoms with E-state index in [1.54, 1.807) is 18.5 Å². The summed E-state index contributed by atoms with van der Waals surface area (Å²) in [7, 11) is 1.00. The molecule has 0 aliphatic carbocycles. The SMILES string of the molecule is CC(C)n1c(-c2ccc(N)cc2)c(C#N)c2ccc(Oc3ncccn3)cc21.CCC.CO.O.[HH]. The summed E-state index contributed by atoms with van der Waals surface area (Å²) in [6, 6.07) is 17.8. The van der Waals surface area contributed by atoms with Gasteiger partial charge in [0.1, 0.15) is 11.8 Å². The number of nitrogens with two attached hydrogens (primary N) is 1. The van der Waals surface area contributed by atoms with Crippen molar-refractivity contribution in [2.45, 2.75) is 40.2 Å². The third-order valence-electron chi connectivity index (χ3n) is 4.54. The zero-order valence-electron chi connectivity index (χ0n) is 20.3. The van der Waals surface area contributed by atoms with Crippen molar-refractivity contribution in [3.63, 3.8) is 0 Å². The van der Waals surface area contributed by atoms with Crippen molar-refractivity contribution in [3.05, 3.63) is 66.5 Å². The maximum Gasteiger partial charge on any atom is 0.321 e. The van der Waals surface area contributed by atoms with Crippen LogP contribution in [0.15, 0.2) is 60.9 Å². The molecule has 4 rings (SSSR count). The third kappa shape index (κ3) is 6.32. The molecular weight excluding hydrogens is 430 g/mol. The van der Waals surface area contributed by atoms with Crippen LogP contribution in [-0.4, -0.2) is 32.2 Å². The monoisotopic (exact) mass is 465 g/mol.